The number of anilines is 1. The summed E-state index contributed by atoms with van der Waals surface area (Å²) in [6.07, 6.45) is 8.63. The Balaban J connectivity index is 0.00000208. The van der Waals surface area contributed by atoms with Gasteiger partial charge in [-0.15, -0.1) is 0 Å². The van der Waals surface area contributed by atoms with Gasteiger partial charge in [0, 0.05) is 38.7 Å². The van der Waals surface area contributed by atoms with E-state index in [0.717, 1.165) is 50.6 Å². The van der Waals surface area contributed by atoms with Gasteiger partial charge in [-0.3, -0.25) is 4.79 Å². The van der Waals surface area contributed by atoms with Crippen LogP contribution in [0.5, 0.6) is 0 Å². The van der Waals surface area contributed by atoms with Crippen LogP contribution >= 0.6 is 0 Å². The van der Waals surface area contributed by atoms with Crippen molar-refractivity contribution in [3.05, 3.63) is 24.3 Å². The molecule has 0 radical (unpaired) electrons. The van der Waals surface area contributed by atoms with E-state index < -0.39 is 0 Å². The van der Waals surface area contributed by atoms with Crippen LogP contribution < -0.4 is 23.0 Å². The van der Waals surface area contributed by atoms with Crippen molar-refractivity contribution in [3.8, 4) is 0 Å². The van der Waals surface area contributed by atoms with Crippen LogP contribution in [0.25, 0.3) is 0 Å². The number of para-hydroxylation sites is 1. The molecule has 1 aliphatic heterocycles. The number of piperazine rings is 1. The molecule has 0 bridgehead atoms. The topological polar surface area (TPSA) is 51.2 Å². The third-order valence-corrected chi connectivity index (χ3v) is 5.46. The van der Waals surface area contributed by atoms with Crippen LogP contribution in [0.2, 0.25) is 0 Å². The minimum absolute atomic E-state index is 0. The van der Waals surface area contributed by atoms with Crippen molar-refractivity contribution in [2.24, 2.45) is 5.92 Å². The molecule has 1 heterocycles. The molecule has 0 unspecified atom stereocenters. The van der Waals surface area contributed by atoms with Gasteiger partial charge in [0.1, 0.15) is 0 Å². The summed E-state index contributed by atoms with van der Waals surface area (Å²) in [7, 11) is 0. The zero-order valence-electron chi connectivity index (χ0n) is 14.6. The Bertz CT molecular complexity index is 523. The molecule has 24 heavy (non-hydrogen) atoms. The van der Waals surface area contributed by atoms with Crippen LogP contribution in [0.1, 0.15) is 44.9 Å². The van der Waals surface area contributed by atoms with E-state index in [9.17, 15) is 4.79 Å². The predicted octanol–water partition coefficient (Wildman–Crippen LogP) is -0.427. The summed E-state index contributed by atoms with van der Waals surface area (Å²) in [4.78, 5) is 16.9. The number of quaternary nitrogens is 1. The first-order valence-electron chi connectivity index (χ1n) is 9.18. The molecule has 0 atom stereocenters. The number of halogens is 1. The van der Waals surface area contributed by atoms with Crippen molar-refractivity contribution >= 4 is 17.3 Å². The summed E-state index contributed by atoms with van der Waals surface area (Å²) in [5.74, 6) is 1.16. The third-order valence-electron chi connectivity index (χ3n) is 5.46. The summed E-state index contributed by atoms with van der Waals surface area (Å²) in [5.41, 5.74) is 6.39. The maximum atomic E-state index is 12.4. The molecular formula is C19H30ClN3O. The molecule has 1 aromatic carbocycles. The van der Waals surface area contributed by atoms with Crippen LogP contribution in [-0.4, -0.2) is 37.0 Å². The Morgan fingerprint density at radius 1 is 1.04 bits per heavy atom. The van der Waals surface area contributed by atoms with Crippen molar-refractivity contribution in [3.63, 3.8) is 0 Å². The molecule has 1 aromatic rings. The first kappa shape index (κ1) is 19.1. The fourth-order valence-electron chi connectivity index (χ4n) is 3.98. The number of carbonyl (C=O) groups excluding carboxylic acids is 1. The molecule has 3 N–H and O–H groups in total. The second-order valence-electron chi connectivity index (χ2n) is 7.04. The largest absolute Gasteiger partial charge is 1.00 e. The summed E-state index contributed by atoms with van der Waals surface area (Å²) in [6, 6.07) is 8.27. The fraction of sp³-hybridized carbons (Fsp3) is 0.632. The van der Waals surface area contributed by atoms with Crippen LogP contribution in [0.15, 0.2) is 24.3 Å². The quantitative estimate of drug-likeness (QED) is 0.800. The molecule has 4 nitrogen and oxygen atoms in total. The molecule has 1 saturated heterocycles. The van der Waals surface area contributed by atoms with Gasteiger partial charge in [-0.1, -0.05) is 44.2 Å². The maximum Gasteiger partial charge on any atom is 0.222 e. The minimum atomic E-state index is 0. The molecule has 3 rings (SSSR count). The zero-order chi connectivity index (χ0) is 16.1. The van der Waals surface area contributed by atoms with Crippen molar-refractivity contribution in [2.45, 2.75) is 44.9 Å². The van der Waals surface area contributed by atoms with Crippen molar-refractivity contribution < 1.29 is 22.9 Å². The highest BCUT2D eigenvalue weighted by Gasteiger charge is 2.23. The molecule has 5 heteroatoms. The highest BCUT2D eigenvalue weighted by Crippen LogP contribution is 2.28. The Hall–Kier alpha value is -1.26. The molecule has 2 fully saturated rings. The van der Waals surface area contributed by atoms with Gasteiger partial charge in [-0.2, -0.15) is 0 Å². The van der Waals surface area contributed by atoms with E-state index in [1.807, 2.05) is 6.07 Å². The zero-order valence-corrected chi connectivity index (χ0v) is 15.3. The first-order valence-corrected chi connectivity index (χ1v) is 9.18. The summed E-state index contributed by atoms with van der Waals surface area (Å²) >= 11 is 0. The Morgan fingerprint density at radius 2 is 1.71 bits per heavy atom. The van der Waals surface area contributed by atoms with E-state index in [1.165, 1.54) is 37.8 Å². The van der Waals surface area contributed by atoms with E-state index in [1.54, 1.807) is 0 Å². The second-order valence-corrected chi connectivity index (χ2v) is 7.04. The van der Waals surface area contributed by atoms with Crippen LogP contribution in [-0.2, 0) is 4.79 Å². The van der Waals surface area contributed by atoms with Gasteiger partial charge in [-0.05, 0) is 18.4 Å². The standard InChI is InChI=1S/C19H29N3O.ClH/c20-17-8-4-5-9-18(17)21-12-14-22(15-13-21)19(23)11-10-16-6-2-1-3-7-16;/h4-5,8-9,16H,1-3,6-7,10-15,20H2;1H. The minimum Gasteiger partial charge on any atom is -1.00 e. The van der Waals surface area contributed by atoms with Crippen molar-refractivity contribution in [1.29, 1.82) is 0 Å². The predicted molar refractivity (Wildman–Crippen MR) is 93.6 cm³/mol. The molecule has 0 spiro atoms. The molecule has 1 amide bonds. The molecular weight excluding hydrogens is 322 g/mol. The SMILES string of the molecule is [Cl-].[NH3+]c1ccccc1N1CCN(C(=O)CCC2CCCCC2)CC1. The monoisotopic (exact) mass is 351 g/mol. The van der Waals surface area contributed by atoms with Crippen LogP contribution in [0, 0.1) is 5.92 Å². The number of hydrogen-bond donors (Lipinski definition) is 1. The number of amides is 1. The van der Waals surface area contributed by atoms with E-state index in [2.05, 4.69) is 33.7 Å². The first-order chi connectivity index (χ1) is 11.2. The fourth-order valence-corrected chi connectivity index (χ4v) is 3.98. The maximum absolute atomic E-state index is 12.4. The van der Waals surface area contributed by atoms with E-state index in [4.69, 9.17) is 0 Å². The lowest BCUT2D eigenvalue weighted by atomic mass is 9.86. The van der Waals surface area contributed by atoms with Crippen molar-refractivity contribution in [2.75, 3.05) is 31.1 Å². The van der Waals surface area contributed by atoms with Gasteiger partial charge in [0.15, 0.2) is 5.69 Å². The van der Waals surface area contributed by atoms with Gasteiger partial charge < -0.3 is 27.9 Å². The number of rotatable bonds is 4. The Morgan fingerprint density at radius 3 is 2.38 bits per heavy atom. The number of benzene rings is 1. The Kier molecular flexibility index (Phi) is 7.38. The van der Waals surface area contributed by atoms with E-state index >= 15 is 0 Å². The average Bonchev–Trinajstić information content (AvgIpc) is 2.61. The second kappa shape index (κ2) is 9.28. The number of carbonyl (C=O) groups is 1. The van der Waals surface area contributed by atoms with Gasteiger partial charge in [0.05, 0.1) is 5.69 Å². The lowest BCUT2D eigenvalue weighted by Crippen LogP contribution is -3.00. The summed E-state index contributed by atoms with van der Waals surface area (Å²) in [6.45, 7) is 3.53. The molecule has 134 valence electrons. The van der Waals surface area contributed by atoms with Gasteiger partial charge in [-0.25, -0.2) is 0 Å². The van der Waals surface area contributed by atoms with E-state index in [0.29, 0.717) is 5.91 Å². The molecule has 1 aliphatic carbocycles. The van der Waals surface area contributed by atoms with Crippen LogP contribution in [0.3, 0.4) is 0 Å². The van der Waals surface area contributed by atoms with Gasteiger partial charge in [0.2, 0.25) is 5.91 Å². The van der Waals surface area contributed by atoms with Gasteiger partial charge in [0.25, 0.3) is 0 Å². The van der Waals surface area contributed by atoms with Crippen LogP contribution in [0.4, 0.5) is 11.4 Å². The summed E-state index contributed by atoms with van der Waals surface area (Å²) in [5, 5.41) is 0. The lowest BCUT2D eigenvalue weighted by Gasteiger charge is -2.36. The molecule has 2 aliphatic rings. The highest BCUT2D eigenvalue weighted by molar-refractivity contribution is 5.76. The highest BCUT2D eigenvalue weighted by atomic mass is 35.5. The summed E-state index contributed by atoms with van der Waals surface area (Å²) < 4.78 is 0. The van der Waals surface area contributed by atoms with E-state index in [-0.39, 0.29) is 12.4 Å². The smallest absolute Gasteiger partial charge is 0.222 e. The molecule has 0 aromatic heterocycles. The Labute approximate surface area is 151 Å². The number of hydrogen-bond acceptors (Lipinski definition) is 2. The van der Waals surface area contributed by atoms with Gasteiger partial charge >= 0.3 is 0 Å². The number of nitrogens with zero attached hydrogens (tertiary/aromatic N) is 2. The normalized spacial score (nSPS) is 19.0. The van der Waals surface area contributed by atoms with Crippen molar-refractivity contribution in [1.82, 2.24) is 4.90 Å². The lowest BCUT2D eigenvalue weighted by molar-refractivity contribution is -0.253. The third kappa shape index (κ3) is 4.87. The molecule has 1 saturated carbocycles. The average molecular weight is 352 g/mol.